The van der Waals surface area contributed by atoms with E-state index in [-0.39, 0.29) is 5.41 Å². The van der Waals surface area contributed by atoms with Crippen molar-refractivity contribution in [1.29, 1.82) is 0 Å². The van der Waals surface area contributed by atoms with Crippen LogP contribution in [0.4, 0.5) is 0 Å². The number of aryl methyl sites for hydroxylation is 1. The number of hydrogen-bond acceptors (Lipinski definition) is 2. The zero-order valence-corrected chi connectivity index (χ0v) is 12.8. The van der Waals surface area contributed by atoms with Crippen molar-refractivity contribution in [3.05, 3.63) is 29.3 Å². The van der Waals surface area contributed by atoms with Gasteiger partial charge in [-0.1, -0.05) is 32.9 Å². The molecule has 1 nitrogen and oxygen atoms in total. The summed E-state index contributed by atoms with van der Waals surface area (Å²) in [6.07, 6.45) is 2.52. The van der Waals surface area contributed by atoms with Gasteiger partial charge in [0, 0.05) is 5.41 Å². The molecule has 0 N–H and O–H groups in total. The predicted molar refractivity (Wildman–Crippen MR) is 80.9 cm³/mol. The largest absolute Gasteiger partial charge is 0.493 e. The Kier molecular flexibility index (Phi) is 3.68. The third kappa shape index (κ3) is 3.03. The monoisotopic (exact) mass is 264 g/mol. The second kappa shape index (κ2) is 4.80. The minimum absolute atomic E-state index is 0.200. The van der Waals surface area contributed by atoms with Gasteiger partial charge < -0.3 is 4.74 Å². The third-order valence-electron chi connectivity index (χ3n) is 3.87. The van der Waals surface area contributed by atoms with E-state index >= 15 is 0 Å². The molecule has 0 amide bonds. The molecule has 1 aromatic rings. The minimum atomic E-state index is 0.200. The van der Waals surface area contributed by atoms with Crippen LogP contribution in [0.2, 0.25) is 0 Å². The molecule has 0 bridgehead atoms. The lowest BCUT2D eigenvalue weighted by molar-refractivity contribution is 0.249. The highest BCUT2D eigenvalue weighted by Crippen LogP contribution is 2.46. The average molecular weight is 264 g/mol. The summed E-state index contributed by atoms with van der Waals surface area (Å²) >= 11 is 4.41. The van der Waals surface area contributed by atoms with Gasteiger partial charge in [0.25, 0.3) is 0 Å². The lowest BCUT2D eigenvalue weighted by Crippen LogP contribution is -2.16. The van der Waals surface area contributed by atoms with E-state index in [9.17, 15) is 0 Å². The standard InChI is InChI=1S/C16H24OS/c1-12-9-13(15(2,3)4)5-6-14(12)17-10-16(11-18)7-8-16/h5-6,9,18H,7-8,10-11H2,1-4H3. The summed E-state index contributed by atoms with van der Waals surface area (Å²) in [6, 6.07) is 6.54. The Balaban J connectivity index is 2.06. The van der Waals surface area contributed by atoms with Crippen LogP contribution in [0.5, 0.6) is 5.75 Å². The molecule has 0 atom stereocenters. The lowest BCUT2D eigenvalue weighted by Gasteiger charge is -2.21. The maximum Gasteiger partial charge on any atom is 0.122 e. The van der Waals surface area contributed by atoms with Crippen LogP contribution in [-0.4, -0.2) is 12.4 Å². The highest BCUT2D eigenvalue weighted by atomic mass is 32.1. The molecule has 0 aromatic heterocycles. The summed E-state index contributed by atoms with van der Waals surface area (Å²) in [5.41, 5.74) is 3.16. The van der Waals surface area contributed by atoms with Crippen LogP contribution in [0, 0.1) is 12.3 Å². The fourth-order valence-corrected chi connectivity index (χ4v) is 2.44. The van der Waals surface area contributed by atoms with Crippen molar-refractivity contribution in [2.75, 3.05) is 12.4 Å². The van der Waals surface area contributed by atoms with Crippen LogP contribution >= 0.6 is 12.6 Å². The molecule has 2 heteroatoms. The van der Waals surface area contributed by atoms with Gasteiger partial charge in [-0.05, 0) is 48.1 Å². The fourth-order valence-electron chi connectivity index (χ4n) is 2.03. The molecule has 1 fully saturated rings. The first-order valence-corrected chi connectivity index (χ1v) is 7.34. The summed E-state index contributed by atoms with van der Waals surface area (Å²) in [5.74, 6) is 1.96. The highest BCUT2D eigenvalue weighted by Gasteiger charge is 2.42. The Morgan fingerprint density at radius 3 is 2.39 bits per heavy atom. The van der Waals surface area contributed by atoms with Gasteiger partial charge in [-0.3, -0.25) is 0 Å². The van der Waals surface area contributed by atoms with Crippen molar-refractivity contribution < 1.29 is 4.74 Å². The number of rotatable bonds is 4. The van der Waals surface area contributed by atoms with Crippen molar-refractivity contribution in [3.8, 4) is 5.75 Å². The van der Waals surface area contributed by atoms with Gasteiger partial charge >= 0.3 is 0 Å². The number of benzene rings is 1. The Morgan fingerprint density at radius 1 is 1.28 bits per heavy atom. The Hall–Kier alpha value is -0.630. The molecule has 0 heterocycles. The minimum Gasteiger partial charge on any atom is -0.493 e. The second-order valence-electron chi connectivity index (χ2n) is 6.68. The molecule has 1 aliphatic carbocycles. The maximum atomic E-state index is 5.97. The maximum absolute atomic E-state index is 5.97. The number of thiol groups is 1. The molecule has 0 unspecified atom stereocenters. The fraction of sp³-hybridized carbons (Fsp3) is 0.625. The van der Waals surface area contributed by atoms with Crippen molar-refractivity contribution in [2.24, 2.45) is 5.41 Å². The summed E-state index contributed by atoms with van der Waals surface area (Å²) < 4.78 is 5.97. The molecule has 100 valence electrons. The van der Waals surface area contributed by atoms with E-state index in [2.05, 4.69) is 58.5 Å². The molecule has 2 rings (SSSR count). The van der Waals surface area contributed by atoms with Gasteiger partial charge in [0.2, 0.25) is 0 Å². The van der Waals surface area contributed by atoms with Crippen molar-refractivity contribution in [3.63, 3.8) is 0 Å². The van der Waals surface area contributed by atoms with Crippen molar-refractivity contribution in [1.82, 2.24) is 0 Å². The van der Waals surface area contributed by atoms with E-state index < -0.39 is 0 Å². The topological polar surface area (TPSA) is 9.23 Å². The van der Waals surface area contributed by atoms with Crippen LogP contribution in [-0.2, 0) is 5.41 Å². The average Bonchev–Trinajstić information content (AvgIpc) is 3.07. The molecule has 1 aliphatic rings. The molecule has 1 aromatic carbocycles. The van der Waals surface area contributed by atoms with Crippen molar-refractivity contribution in [2.45, 2.75) is 46.0 Å². The van der Waals surface area contributed by atoms with E-state index in [0.717, 1.165) is 18.1 Å². The first-order chi connectivity index (χ1) is 8.36. The lowest BCUT2D eigenvalue weighted by atomic mass is 9.86. The van der Waals surface area contributed by atoms with E-state index in [1.807, 2.05) is 0 Å². The first-order valence-electron chi connectivity index (χ1n) is 6.71. The summed E-state index contributed by atoms with van der Waals surface area (Å²) in [7, 11) is 0. The number of hydrogen-bond donors (Lipinski definition) is 1. The van der Waals surface area contributed by atoms with Gasteiger partial charge in [0.15, 0.2) is 0 Å². The zero-order valence-electron chi connectivity index (χ0n) is 11.9. The Labute approximate surface area is 116 Å². The normalized spacial score (nSPS) is 17.6. The molecular weight excluding hydrogens is 240 g/mol. The molecule has 0 spiro atoms. The Morgan fingerprint density at radius 2 is 1.94 bits per heavy atom. The van der Waals surface area contributed by atoms with E-state index in [1.165, 1.54) is 24.0 Å². The third-order valence-corrected chi connectivity index (χ3v) is 4.54. The Bertz CT molecular complexity index is 427. The SMILES string of the molecule is Cc1cc(C(C)(C)C)ccc1OCC1(CS)CC1. The van der Waals surface area contributed by atoms with Crippen LogP contribution < -0.4 is 4.74 Å². The van der Waals surface area contributed by atoms with Crippen LogP contribution in [0.15, 0.2) is 18.2 Å². The van der Waals surface area contributed by atoms with Crippen LogP contribution in [0.3, 0.4) is 0 Å². The van der Waals surface area contributed by atoms with E-state index in [0.29, 0.717) is 5.41 Å². The summed E-state index contributed by atoms with van der Waals surface area (Å²) in [5, 5.41) is 0. The quantitative estimate of drug-likeness (QED) is 0.794. The summed E-state index contributed by atoms with van der Waals surface area (Å²) in [6.45, 7) is 9.66. The van der Waals surface area contributed by atoms with Gasteiger partial charge in [-0.25, -0.2) is 0 Å². The molecule has 18 heavy (non-hydrogen) atoms. The van der Waals surface area contributed by atoms with E-state index in [4.69, 9.17) is 4.74 Å². The molecular formula is C16H24OS. The summed E-state index contributed by atoms with van der Waals surface area (Å²) in [4.78, 5) is 0. The predicted octanol–water partition coefficient (Wildman–Crippen LogP) is 4.38. The molecule has 0 aliphatic heterocycles. The van der Waals surface area contributed by atoms with Gasteiger partial charge in [-0.2, -0.15) is 12.6 Å². The zero-order chi connectivity index (χ0) is 13.4. The molecule has 0 radical (unpaired) electrons. The second-order valence-corrected chi connectivity index (χ2v) is 6.99. The molecule has 0 saturated heterocycles. The van der Waals surface area contributed by atoms with Gasteiger partial charge in [0.1, 0.15) is 5.75 Å². The molecule has 1 saturated carbocycles. The highest BCUT2D eigenvalue weighted by molar-refractivity contribution is 7.80. The van der Waals surface area contributed by atoms with E-state index in [1.54, 1.807) is 0 Å². The van der Waals surface area contributed by atoms with Crippen LogP contribution in [0.1, 0.15) is 44.7 Å². The van der Waals surface area contributed by atoms with Gasteiger partial charge in [0.05, 0.1) is 6.61 Å². The number of ether oxygens (including phenoxy) is 1. The van der Waals surface area contributed by atoms with Crippen molar-refractivity contribution >= 4 is 12.6 Å². The van der Waals surface area contributed by atoms with Crippen LogP contribution in [0.25, 0.3) is 0 Å². The smallest absolute Gasteiger partial charge is 0.122 e. The first kappa shape index (κ1) is 13.8. The van der Waals surface area contributed by atoms with Gasteiger partial charge in [-0.15, -0.1) is 0 Å².